The van der Waals surface area contributed by atoms with Crippen molar-refractivity contribution in [1.82, 2.24) is 5.32 Å². The molecule has 1 fully saturated rings. The van der Waals surface area contributed by atoms with Gasteiger partial charge in [0.25, 0.3) is 10.0 Å². The van der Waals surface area contributed by atoms with Gasteiger partial charge in [-0.1, -0.05) is 13.8 Å². The van der Waals surface area contributed by atoms with Crippen molar-refractivity contribution < 1.29 is 12.8 Å². The molecule has 0 saturated heterocycles. The maximum Gasteiger partial charge on any atom is 0.271 e. The first-order valence-corrected chi connectivity index (χ1v) is 7.66. The number of furan rings is 1. The van der Waals surface area contributed by atoms with Gasteiger partial charge in [-0.2, -0.15) is 0 Å². The van der Waals surface area contributed by atoms with E-state index in [1.54, 1.807) is 6.07 Å². The predicted octanol–water partition coefficient (Wildman–Crippen LogP) is 1.60. The minimum absolute atomic E-state index is 0.175. The third kappa shape index (κ3) is 3.34. The number of hydrogen-bond acceptors (Lipinski definition) is 4. The Morgan fingerprint density at radius 3 is 2.72 bits per heavy atom. The smallest absolute Gasteiger partial charge is 0.271 e. The van der Waals surface area contributed by atoms with E-state index >= 15 is 0 Å². The molecule has 1 saturated carbocycles. The highest BCUT2D eigenvalue weighted by Gasteiger charge is 2.30. The molecule has 6 heteroatoms. The fourth-order valence-corrected chi connectivity index (χ4v) is 2.94. The Hall–Kier alpha value is -0.850. The molecule has 1 aromatic heterocycles. The van der Waals surface area contributed by atoms with Crippen molar-refractivity contribution in [2.45, 2.75) is 50.8 Å². The second-order valence-corrected chi connectivity index (χ2v) is 7.24. The molecule has 102 valence electrons. The van der Waals surface area contributed by atoms with Gasteiger partial charge in [-0.15, -0.1) is 0 Å². The fraction of sp³-hybridized carbons (Fsp3) is 0.667. The van der Waals surface area contributed by atoms with Gasteiger partial charge in [0.1, 0.15) is 5.76 Å². The Morgan fingerprint density at radius 2 is 2.22 bits per heavy atom. The molecule has 1 unspecified atom stereocenters. The predicted molar refractivity (Wildman–Crippen MR) is 68.3 cm³/mol. The maximum atomic E-state index is 11.1. The van der Waals surface area contributed by atoms with Gasteiger partial charge in [-0.05, 0) is 36.8 Å². The van der Waals surface area contributed by atoms with Crippen molar-refractivity contribution in [1.29, 1.82) is 0 Å². The molecule has 1 aliphatic carbocycles. The second-order valence-electron chi connectivity index (χ2n) is 5.75. The number of primary sulfonamides is 1. The van der Waals surface area contributed by atoms with E-state index < -0.39 is 10.0 Å². The van der Waals surface area contributed by atoms with Crippen LogP contribution in [0.25, 0.3) is 0 Å². The number of hydrogen-bond donors (Lipinski definition) is 2. The van der Waals surface area contributed by atoms with Crippen LogP contribution >= 0.6 is 0 Å². The van der Waals surface area contributed by atoms with E-state index in [0.717, 1.165) is 12.8 Å². The van der Waals surface area contributed by atoms with Crippen LogP contribution < -0.4 is 10.5 Å². The summed E-state index contributed by atoms with van der Waals surface area (Å²) >= 11 is 0. The highest BCUT2D eigenvalue weighted by atomic mass is 32.2. The van der Waals surface area contributed by atoms with E-state index in [1.807, 2.05) is 0 Å². The van der Waals surface area contributed by atoms with E-state index in [2.05, 4.69) is 19.2 Å². The first kappa shape index (κ1) is 13.6. The zero-order valence-electron chi connectivity index (χ0n) is 10.8. The molecule has 0 aromatic carbocycles. The van der Waals surface area contributed by atoms with Crippen molar-refractivity contribution >= 4 is 10.0 Å². The summed E-state index contributed by atoms with van der Waals surface area (Å²) < 4.78 is 27.3. The minimum Gasteiger partial charge on any atom is -0.447 e. The number of nitrogens with two attached hydrogens (primary N) is 1. The lowest BCUT2D eigenvalue weighted by atomic mass is 9.92. The van der Waals surface area contributed by atoms with Gasteiger partial charge < -0.3 is 9.73 Å². The number of nitrogens with one attached hydrogen (secondary N) is 1. The summed E-state index contributed by atoms with van der Waals surface area (Å²) in [7, 11) is -3.73. The highest BCUT2D eigenvalue weighted by molar-refractivity contribution is 7.89. The zero-order valence-corrected chi connectivity index (χ0v) is 11.6. The third-order valence-electron chi connectivity index (χ3n) is 3.45. The fourth-order valence-electron chi connectivity index (χ4n) is 2.46. The Bertz CT molecular complexity index is 519. The second kappa shape index (κ2) is 4.68. The molecule has 0 bridgehead atoms. The van der Waals surface area contributed by atoms with Crippen molar-refractivity contribution in [2.75, 3.05) is 0 Å². The van der Waals surface area contributed by atoms with E-state index in [0.29, 0.717) is 23.8 Å². The third-order valence-corrected chi connectivity index (χ3v) is 4.23. The first-order chi connectivity index (χ1) is 8.26. The maximum absolute atomic E-state index is 11.1. The molecule has 0 amide bonds. The summed E-state index contributed by atoms with van der Waals surface area (Å²) in [6, 6.07) is 3.51. The van der Waals surface area contributed by atoms with Crippen LogP contribution in [0.2, 0.25) is 0 Å². The van der Waals surface area contributed by atoms with Gasteiger partial charge in [0.2, 0.25) is 5.09 Å². The molecule has 0 aliphatic heterocycles. The van der Waals surface area contributed by atoms with E-state index in [9.17, 15) is 8.42 Å². The minimum atomic E-state index is -3.73. The van der Waals surface area contributed by atoms with E-state index in [1.165, 1.54) is 12.5 Å². The highest BCUT2D eigenvalue weighted by Crippen LogP contribution is 2.36. The Morgan fingerprint density at radius 1 is 1.50 bits per heavy atom. The molecule has 1 atom stereocenters. The van der Waals surface area contributed by atoms with Gasteiger partial charge in [-0.25, -0.2) is 13.6 Å². The monoisotopic (exact) mass is 272 g/mol. The SMILES string of the molecule is CC1(C)CCC(NCc2ccc(S(N)(=O)=O)o2)C1. The van der Waals surface area contributed by atoms with Crippen LogP contribution in [0.1, 0.15) is 38.9 Å². The van der Waals surface area contributed by atoms with Gasteiger partial charge in [0, 0.05) is 6.04 Å². The lowest BCUT2D eigenvalue weighted by molar-refractivity contribution is 0.353. The molecular formula is C12H20N2O3S. The van der Waals surface area contributed by atoms with Crippen molar-refractivity contribution in [2.24, 2.45) is 10.6 Å². The average molecular weight is 272 g/mol. The van der Waals surface area contributed by atoms with Gasteiger partial charge >= 0.3 is 0 Å². The van der Waals surface area contributed by atoms with E-state index in [4.69, 9.17) is 9.56 Å². The van der Waals surface area contributed by atoms with E-state index in [-0.39, 0.29) is 5.09 Å². The summed E-state index contributed by atoms with van der Waals surface area (Å²) in [6.45, 7) is 5.07. The van der Waals surface area contributed by atoms with Crippen molar-refractivity contribution in [3.8, 4) is 0 Å². The molecule has 3 N–H and O–H groups in total. The van der Waals surface area contributed by atoms with Gasteiger partial charge in [0.15, 0.2) is 0 Å². The largest absolute Gasteiger partial charge is 0.447 e. The van der Waals surface area contributed by atoms with Crippen LogP contribution in [-0.2, 0) is 16.6 Å². The Balaban J connectivity index is 1.90. The van der Waals surface area contributed by atoms with Gasteiger partial charge in [-0.3, -0.25) is 0 Å². The topological polar surface area (TPSA) is 85.3 Å². The molecule has 2 rings (SSSR count). The molecule has 5 nitrogen and oxygen atoms in total. The van der Waals surface area contributed by atoms with Gasteiger partial charge in [0.05, 0.1) is 6.54 Å². The summed E-state index contributed by atoms with van der Waals surface area (Å²) in [5.74, 6) is 0.601. The average Bonchev–Trinajstić information content (AvgIpc) is 2.80. The van der Waals surface area contributed by atoms with Crippen LogP contribution in [0, 0.1) is 5.41 Å². The molecule has 0 spiro atoms. The van der Waals surface area contributed by atoms with Crippen LogP contribution in [0.3, 0.4) is 0 Å². The molecule has 18 heavy (non-hydrogen) atoms. The Kier molecular flexibility index (Phi) is 3.53. The summed E-state index contributed by atoms with van der Waals surface area (Å²) in [4.78, 5) is 0. The standard InChI is InChI=1S/C12H20N2O3S/c1-12(2)6-5-9(7-12)14-8-10-3-4-11(17-10)18(13,15)16/h3-4,9,14H,5-8H2,1-2H3,(H2,13,15,16). The van der Waals surface area contributed by atoms with Crippen LogP contribution in [0.4, 0.5) is 0 Å². The molecular weight excluding hydrogens is 252 g/mol. The zero-order chi connectivity index (χ0) is 13.4. The summed E-state index contributed by atoms with van der Waals surface area (Å²) in [5, 5.41) is 8.20. The quantitative estimate of drug-likeness (QED) is 0.871. The molecule has 0 radical (unpaired) electrons. The van der Waals surface area contributed by atoms with Crippen LogP contribution in [0.5, 0.6) is 0 Å². The summed E-state index contributed by atoms with van der Waals surface area (Å²) in [5.41, 5.74) is 0.395. The molecule has 1 aliphatic rings. The Labute approximate surface area is 108 Å². The van der Waals surface area contributed by atoms with Crippen LogP contribution in [0.15, 0.2) is 21.6 Å². The number of sulfonamides is 1. The number of rotatable bonds is 4. The van der Waals surface area contributed by atoms with Crippen LogP contribution in [-0.4, -0.2) is 14.5 Å². The van der Waals surface area contributed by atoms with Crippen molar-refractivity contribution in [3.05, 3.63) is 17.9 Å². The lowest BCUT2D eigenvalue weighted by Crippen LogP contribution is -2.26. The normalized spacial score (nSPS) is 23.4. The van der Waals surface area contributed by atoms with Crippen molar-refractivity contribution in [3.63, 3.8) is 0 Å². The summed E-state index contributed by atoms with van der Waals surface area (Å²) in [6.07, 6.45) is 3.50. The molecule has 1 aromatic rings. The lowest BCUT2D eigenvalue weighted by Gasteiger charge is -2.17. The first-order valence-electron chi connectivity index (χ1n) is 6.11. The molecule has 1 heterocycles.